The third-order valence-electron chi connectivity index (χ3n) is 5.77. The smallest absolute Gasteiger partial charge is 0.304 e. The number of thiazole rings is 1. The lowest BCUT2D eigenvalue weighted by Crippen LogP contribution is -2.47. The van der Waals surface area contributed by atoms with Crippen LogP contribution in [-0.4, -0.2) is 79.1 Å². The molecule has 0 aromatic carbocycles. The van der Waals surface area contributed by atoms with Crippen molar-refractivity contribution in [1.29, 1.82) is 0 Å². The second-order valence-electron chi connectivity index (χ2n) is 8.02. The molecule has 1 aliphatic carbocycles. The zero-order chi connectivity index (χ0) is 20.2. The van der Waals surface area contributed by atoms with Crippen molar-refractivity contribution in [3.05, 3.63) is 15.6 Å². The maximum absolute atomic E-state index is 13.2. The molecule has 3 heterocycles. The molecule has 11 heteroatoms. The van der Waals surface area contributed by atoms with Gasteiger partial charge in [-0.05, 0) is 26.3 Å². The van der Waals surface area contributed by atoms with Crippen molar-refractivity contribution >= 4 is 33.4 Å². The first-order chi connectivity index (χ1) is 13.2. The van der Waals surface area contributed by atoms with E-state index in [9.17, 15) is 18.0 Å². The molecule has 1 saturated carbocycles. The highest BCUT2D eigenvalue weighted by Crippen LogP contribution is 2.36. The topological polar surface area (TPSA) is 103 Å². The van der Waals surface area contributed by atoms with Crippen molar-refractivity contribution in [2.75, 3.05) is 27.7 Å². The Balaban J connectivity index is 1.62. The van der Waals surface area contributed by atoms with Gasteiger partial charge in [-0.2, -0.15) is 13.1 Å². The van der Waals surface area contributed by atoms with Crippen LogP contribution in [0.2, 0.25) is 0 Å². The second kappa shape index (κ2) is 7.05. The summed E-state index contributed by atoms with van der Waals surface area (Å²) in [7, 11) is 1.46. The quantitative estimate of drug-likeness (QED) is 0.715. The third-order valence-corrected chi connectivity index (χ3v) is 8.40. The highest BCUT2D eigenvalue weighted by atomic mass is 32.2. The Labute approximate surface area is 168 Å². The van der Waals surface area contributed by atoms with E-state index in [1.165, 1.54) is 16.2 Å². The average Bonchev–Trinajstić information content (AvgIpc) is 3.16. The number of likely N-dealkylation sites (N-methyl/N-ethyl adjacent to an activating group) is 1. The minimum atomic E-state index is -3.93. The Morgan fingerprint density at radius 3 is 2.75 bits per heavy atom. The molecule has 2 unspecified atom stereocenters. The number of aromatic nitrogens is 1. The fourth-order valence-electron chi connectivity index (χ4n) is 4.33. The van der Waals surface area contributed by atoms with Gasteiger partial charge in [0.15, 0.2) is 5.01 Å². The van der Waals surface area contributed by atoms with Crippen molar-refractivity contribution in [1.82, 2.24) is 23.8 Å². The first-order valence-electron chi connectivity index (χ1n) is 9.41. The molecule has 2 amide bonds. The largest absolute Gasteiger partial charge is 0.349 e. The average molecular weight is 428 g/mol. The molecular formula is C17H25N5O4S2. The van der Waals surface area contributed by atoms with Gasteiger partial charge in [-0.3, -0.25) is 9.59 Å². The first kappa shape index (κ1) is 19.7. The van der Waals surface area contributed by atoms with Gasteiger partial charge in [0.25, 0.3) is 5.91 Å². The van der Waals surface area contributed by atoms with E-state index in [1.54, 1.807) is 14.1 Å². The number of fused-ring (bicyclic) bond motifs is 2. The van der Waals surface area contributed by atoms with Crippen molar-refractivity contribution < 1.29 is 18.0 Å². The Bertz CT molecular complexity index is 913. The Hall–Kier alpha value is -1.56. The van der Waals surface area contributed by atoms with Gasteiger partial charge in [0, 0.05) is 50.4 Å². The van der Waals surface area contributed by atoms with Gasteiger partial charge in [0.05, 0.1) is 11.7 Å². The summed E-state index contributed by atoms with van der Waals surface area (Å²) in [5.74, 6) is -0.886. The number of nitrogens with zero attached hydrogens (tertiary/aromatic N) is 4. The molecule has 1 aromatic rings. The van der Waals surface area contributed by atoms with E-state index in [1.807, 2.05) is 7.05 Å². The Morgan fingerprint density at radius 1 is 1.29 bits per heavy atom. The third kappa shape index (κ3) is 3.34. The second-order valence-corrected chi connectivity index (χ2v) is 10.7. The van der Waals surface area contributed by atoms with Crippen LogP contribution in [0.15, 0.2) is 0 Å². The fraction of sp³-hybridized carbons (Fsp3) is 0.706. The van der Waals surface area contributed by atoms with Crippen LogP contribution in [0.4, 0.5) is 0 Å². The summed E-state index contributed by atoms with van der Waals surface area (Å²) >= 11 is 1.27. The number of rotatable bonds is 2. The van der Waals surface area contributed by atoms with Gasteiger partial charge in [0.2, 0.25) is 5.91 Å². The van der Waals surface area contributed by atoms with Crippen LogP contribution >= 0.6 is 11.3 Å². The molecule has 3 atom stereocenters. The van der Waals surface area contributed by atoms with E-state index in [-0.39, 0.29) is 22.9 Å². The standard InChI is InChI=1S/C17H25N5O4S2/c1-20(2)16(23)10-4-5-11-13(8-10)22(28(25,26)19-11)17(24)15-18-12-6-7-21(3)9-14(12)27-15/h10-11,13,19H,4-9H2,1-3H3/t10-,11?,13?/m0/s1. The fourth-order valence-corrected chi connectivity index (χ4v) is 7.18. The molecule has 154 valence electrons. The molecule has 2 aliphatic heterocycles. The summed E-state index contributed by atoms with van der Waals surface area (Å²) in [4.78, 5) is 34.7. The molecule has 0 radical (unpaired) electrons. The molecule has 2 fully saturated rings. The normalized spacial score (nSPS) is 29.2. The highest BCUT2D eigenvalue weighted by Gasteiger charge is 2.51. The molecule has 28 heavy (non-hydrogen) atoms. The maximum atomic E-state index is 13.2. The summed E-state index contributed by atoms with van der Waals surface area (Å²) in [6.07, 6.45) is 2.25. The maximum Gasteiger partial charge on any atom is 0.304 e. The zero-order valence-corrected chi connectivity index (χ0v) is 17.8. The predicted molar refractivity (Wildman–Crippen MR) is 104 cm³/mol. The van der Waals surface area contributed by atoms with Crippen molar-refractivity contribution in [2.24, 2.45) is 5.92 Å². The highest BCUT2D eigenvalue weighted by molar-refractivity contribution is 7.88. The molecular weight excluding hydrogens is 402 g/mol. The molecule has 1 saturated heterocycles. The van der Waals surface area contributed by atoms with Gasteiger partial charge >= 0.3 is 10.2 Å². The molecule has 1 aromatic heterocycles. The van der Waals surface area contributed by atoms with Crippen LogP contribution in [0.25, 0.3) is 0 Å². The van der Waals surface area contributed by atoms with Gasteiger partial charge < -0.3 is 9.80 Å². The molecule has 3 aliphatic rings. The van der Waals surface area contributed by atoms with E-state index in [4.69, 9.17) is 0 Å². The van der Waals surface area contributed by atoms with E-state index < -0.39 is 22.2 Å². The van der Waals surface area contributed by atoms with E-state index in [2.05, 4.69) is 14.6 Å². The lowest BCUT2D eigenvalue weighted by molar-refractivity contribution is -0.134. The molecule has 1 N–H and O–H groups in total. The Kier molecular flexibility index (Phi) is 4.97. The predicted octanol–water partition coefficient (Wildman–Crippen LogP) is 0.0467. The molecule has 4 rings (SSSR count). The molecule has 9 nitrogen and oxygen atoms in total. The van der Waals surface area contributed by atoms with Gasteiger partial charge in [0.1, 0.15) is 0 Å². The minimum absolute atomic E-state index is 0.0251. The van der Waals surface area contributed by atoms with Crippen molar-refractivity contribution in [2.45, 2.75) is 44.3 Å². The number of carbonyl (C=O) groups excluding carboxylic acids is 2. The van der Waals surface area contributed by atoms with Crippen LogP contribution in [-0.2, 0) is 28.0 Å². The van der Waals surface area contributed by atoms with E-state index >= 15 is 0 Å². The van der Waals surface area contributed by atoms with Crippen LogP contribution < -0.4 is 4.72 Å². The van der Waals surface area contributed by atoms with E-state index in [0.29, 0.717) is 19.3 Å². The summed E-state index contributed by atoms with van der Waals surface area (Å²) < 4.78 is 29.0. The Morgan fingerprint density at radius 2 is 2.04 bits per heavy atom. The number of carbonyl (C=O) groups is 2. The number of nitrogens with one attached hydrogen (secondary N) is 1. The zero-order valence-electron chi connectivity index (χ0n) is 16.2. The minimum Gasteiger partial charge on any atom is -0.349 e. The lowest BCUT2D eigenvalue weighted by Gasteiger charge is -2.33. The summed E-state index contributed by atoms with van der Waals surface area (Å²) in [5.41, 5.74) is 0.886. The SMILES string of the molecule is CN1CCc2nc(C(=O)N3C4C[C@@H](C(=O)N(C)C)CCC4NS3(=O)=O)sc2C1. The summed E-state index contributed by atoms with van der Waals surface area (Å²) in [5, 5.41) is 0.215. The van der Waals surface area contributed by atoms with Crippen molar-refractivity contribution in [3.63, 3.8) is 0 Å². The lowest BCUT2D eigenvalue weighted by atomic mass is 9.82. The number of hydrogen-bond acceptors (Lipinski definition) is 7. The monoisotopic (exact) mass is 427 g/mol. The van der Waals surface area contributed by atoms with Crippen LogP contribution in [0.1, 0.15) is 39.6 Å². The van der Waals surface area contributed by atoms with Crippen LogP contribution in [0, 0.1) is 5.92 Å². The molecule has 0 bridgehead atoms. The van der Waals surface area contributed by atoms with Crippen LogP contribution in [0.5, 0.6) is 0 Å². The molecule has 0 spiro atoms. The van der Waals surface area contributed by atoms with E-state index in [0.717, 1.165) is 34.4 Å². The van der Waals surface area contributed by atoms with Crippen LogP contribution in [0.3, 0.4) is 0 Å². The number of amides is 2. The summed E-state index contributed by atoms with van der Waals surface area (Å²) in [6.45, 7) is 1.59. The van der Waals surface area contributed by atoms with Gasteiger partial charge in [-0.15, -0.1) is 11.3 Å². The summed E-state index contributed by atoms with van der Waals surface area (Å²) in [6, 6.07) is -0.898. The van der Waals surface area contributed by atoms with Gasteiger partial charge in [-0.1, -0.05) is 0 Å². The first-order valence-corrected chi connectivity index (χ1v) is 11.7. The number of hydrogen-bond donors (Lipinski definition) is 1. The van der Waals surface area contributed by atoms with Gasteiger partial charge in [-0.25, -0.2) is 9.29 Å². The van der Waals surface area contributed by atoms with Crippen molar-refractivity contribution in [3.8, 4) is 0 Å².